The number of nitrogens with one attached hydrogen (secondary N) is 3. The van der Waals surface area contributed by atoms with Crippen molar-refractivity contribution < 1.29 is 19.0 Å². The molecule has 2 heterocycles. The number of hydrogen-bond donors (Lipinski definition) is 3. The van der Waals surface area contributed by atoms with Gasteiger partial charge in [-0.15, -0.1) is 0 Å². The number of amides is 1. The van der Waals surface area contributed by atoms with Crippen LogP contribution in [0.5, 0.6) is 17.2 Å². The smallest absolute Gasteiger partial charge is 0.262 e. The number of benzene rings is 4. The molecule has 4 aromatic carbocycles. The fraction of sp³-hybridized carbons (Fsp3) is 0.182. The molecule has 0 aliphatic carbocycles. The van der Waals surface area contributed by atoms with E-state index >= 15 is 0 Å². The second-order valence-corrected chi connectivity index (χ2v) is 10.3. The minimum absolute atomic E-state index is 0.0663. The number of para-hydroxylation sites is 1. The van der Waals surface area contributed by atoms with E-state index in [4.69, 9.17) is 25.8 Å². The number of hydrogen-bond acceptors (Lipinski definition) is 5. The molecule has 41 heavy (non-hydrogen) atoms. The molecule has 1 aliphatic rings. The van der Waals surface area contributed by atoms with Crippen molar-refractivity contribution in [1.29, 1.82) is 0 Å². The van der Waals surface area contributed by atoms with E-state index in [-0.39, 0.29) is 24.5 Å². The molecule has 2 unspecified atom stereocenters. The first-order valence-electron chi connectivity index (χ1n) is 13.4. The summed E-state index contributed by atoms with van der Waals surface area (Å²) in [6.07, 6.45) is 0. The van der Waals surface area contributed by atoms with Gasteiger partial charge in [0.25, 0.3) is 5.91 Å². The molecule has 0 spiro atoms. The quantitative estimate of drug-likeness (QED) is 0.195. The molecule has 7 nitrogen and oxygen atoms in total. The number of fused-ring (bicyclic) bond motifs is 3. The molecule has 0 saturated heterocycles. The van der Waals surface area contributed by atoms with Crippen LogP contribution in [0, 0.1) is 0 Å². The largest absolute Gasteiger partial charge is 0.495 e. The summed E-state index contributed by atoms with van der Waals surface area (Å²) in [5.74, 6) is 1.47. The van der Waals surface area contributed by atoms with Gasteiger partial charge in [0.1, 0.15) is 5.75 Å². The summed E-state index contributed by atoms with van der Waals surface area (Å²) in [6, 6.07) is 29.8. The molecular formula is C33H30ClN3O4. The second-order valence-electron chi connectivity index (χ2n) is 9.90. The Morgan fingerprint density at radius 3 is 2.41 bits per heavy atom. The molecule has 208 valence electrons. The minimum Gasteiger partial charge on any atom is -0.495 e. The Bertz CT molecular complexity index is 1700. The lowest BCUT2D eigenvalue weighted by Crippen LogP contribution is -2.34. The van der Waals surface area contributed by atoms with Crippen LogP contribution in [-0.2, 0) is 4.79 Å². The molecule has 2 atom stereocenters. The average molecular weight is 568 g/mol. The van der Waals surface area contributed by atoms with Crippen LogP contribution in [0.1, 0.15) is 34.3 Å². The Balaban J connectivity index is 1.23. The van der Waals surface area contributed by atoms with E-state index in [1.165, 1.54) is 23.6 Å². The molecule has 1 aliphatic heterocycles. The Morgan fingerprint density at radius 2 is 1.63 bits per heavy atom. The first-order chi connectivity index (χ1) is 20.1. The van der Waals surface area contributed by atoms with Gasteiger partial charge >= 0.3 is 0 Å². The Morgan fingerprint density at radius 1 is 0.878 bits per heavy atom. The van der Waals surface area contributed by atoms with E-state index in [0.717, 1.165) is 23.3 Å². The van der Waals surface area contributed by atoms with Gasteiger partial charge in [-0.3, -0.25) is 4.79 Å². The lowest BCUT2D eigenvalue weighted by Gasteiger charge is -2.31. The molecule has 1 amide bonds. The highest BCUT2D eigenvalue weighted by molar-refractivity contribution is 6.32. The molecule has 3 N–H and O–H groups in total. The predicted molar refractivity (Wildman–Crippen MR) is 162 cm³/mol. The number of carbonyl (C=O) groups excluding carboxylic acids is 1. The zero-order valence-electron chi connectivity index (χ0n) is 22.7. The number of anilines is 1. The van der Waals surface area contributed by atoms with Crippen molar-refractivity contribution in [3.05, 3.63) is 118 Å². The van der Waals surface area contributed by atoms with Crippen LogP contribution in [0.25, 0.3) is 10.9 Å². The van der Waals surface area contributed by atoms with Crippen LogP contribution in [0.2, 0.25) is 5.02 Å². The number of ether oxygens (including phenoxy) is 3. The Labute approximate surface area is 243 Å². The summed E-state index contributed by atoms with van der Waals surface area (Å²) in [7, 11) is 3.14. The first-order valence-corrected chi connectivity index (χ1v) is 13.8. The van der Waals surface area contributed by atoms with E-state index in [9.17, 15) is 4.79 Å². The minimum atomic E-state index is -0.319. The van der Waals surface area contributed by atoms with Gasteiger partial charge in [-0.1, -0.05) is 66.2 Å². The standard InChI is InChI=1S/C33H30ClN3O4/c1-39-27-15-13-22(17-25(27)34)36-30(38)19-41-28-14-12-21(16-29(28)40-2)32-33-31(23-10-6-7-11-26(23)37-33)24(18-35-32)20-8-4-3-5-9-20/h3-17,24,32,35,37H,18-19H2,1-2H3,(H,36,38). The first kappa shape index (κ1) is 26.7. The lowest BCUT2D eigenvalue weighted by molar-refractivity contribution is -0.118. The molecule has 0 bridgehead atoms. The highest BCUT2D eigenvalue weighted by atomic mass is 35.5. The van der Waals surface area contributed by atoms with E-state index in [1.807, 2.05) is 24.3 Å². The summed E-state index contributed by atoms with van der Waals surface area (Å²) < 4.78 is 16.7. The fourth-order valence-electron chi connectivity index (χ4n) is 5.55. The SMILES string of the molecule is COc1ccc(NC(=O)COc2ccc(C3NCC(c4ccccc4)c4c3[nH]c3ccccc43)cc2OC)cc1Cl. The van der Waals surface area contributed by atoms with Crippen LogP contribution in [-0.4, -0.2) is 38.3 Å². The van der Waals surface area contributed by atoms with Gasteiger partial charge in [-0.25, -0.2) is 0 Å². The summed E-state index contributed by atoms with van der Waals surface area (Å²) in [5, 5.41) is 8.18. The van der Waals surface area contributed by atoms with E-state index in [1.54, 1.807) is 25.3 Å². The number of rotatable bonds is 8. The van der Waals surface area contributed by atoms with Gasteiger partial charge in [-0.2, -0.15) is 0 Å². The maximum atomic E-state index is 12.6. The maximum absolute atomic E-state index is 12.6. The number of aromatic nitrogens is 1. The van der Waals surface area contributed by atoms with Crippen molar-refractivity contribution in [2.45, 2.75) is 12.0 Å². The van der Waals surface area contributed by atoms with Crippen LogP contribution in [0.3, 0.4) is 0 Å². The van der Waals surface area contributed by atoms with Crippen molar-refractivity contribution in [2.75, 3.05) is 32.7 Å². The zero-order chi connectivity index (χ0) is 28.3. The maximum Gasteiger partial charge on any atom is 0.262 e. The topological polar surface area (TPSA) is 84.6 Å². The molecule has 1 aromatic heterocycles. The molecule has 0 radical (unpaired) electrons. The van der Waals surface area contributed by atoms with Gasteiger partial charge < -0.3 is 29.8 Å². The fourth-order valence-corrected chi connectivity index (χ4v) is 5.81. The third-order valence-electron chi connectivity index (χ3n) is 7.46. The zero-order valence-corrected chi connectivity index (χ0v) is 23.5. The summed E-state index contributed by atoms with van der Waals surface area (Å²) in [4.78, 5) is 16.3. The Hall–Kier alpha value is -4.46. The molecule has 5 aromatic rings. The van der Waals surface area contributed by atoms with Crippen LogP contribution >= 0.6 is 11.6 Å². The normalized spacial score (nSPS) is 16.2. The van der Waals surface area contributed by atoms with Gasteiger partial charge in [-0.05, 0) is 53.1 Å². The number of methoxy groups -OCH3 is 2. The molecule has 0 fully saturated rings. The number of aromatic amines is 1. The number of carbonyl (C=O) groups is 1. The molecule has 0 saturated carbocycles. The van der Waals surface area contributed by atoms with Crippen molar-refractivity contribution in [1.82, 2.24) is 10.3 Å². The monoisotopic (exact) mass is 567 g/mol. The second kappa shape index (κ2) is 11.6. The third kappa shape index (κ3) is 5.34. The molecule has 8 heteroatoms. The summed E-state index contributed by atoms with van der Waals surface area (Å²) in [5.41, 5.74) is 6.43. The number of halogens is 1. The highest BCUT2D eigenvalue weighted by Crippen LogP contribution is 2.42. The van der Waals surface area contributed by atoms with Crippen LogP contribution in [0.15, 0.2) is 91.0 Å². The average Bonchev–Trinajstić information content (AvgIpc) is 3.40. The van der Waals surface area contributed by atoms with Crippen molar-refractivity contribution >= 4 is 34.1 Å². The summed E-state index contributed by atoms with van der Waals surface area (Å²) in [6.45, 7) is 0.603. The lowest BCUT2D eigenvalue weighted by atomic mass is 9.83. The van der Waals surface area contributed by atoms with Crippen molar-refractivity contribution in [3.63, 3.8) is 0 Å². The highest BCUT2D eigenvalue weighted by Gasteiger charge is 2.32. The molecule has 6 rings (SSSR count). The van der Waals surface area contributed by atoms with Gasteiger partial charge in [0.15, 0.2) is 18.1 Å². The van der Waals surface area contributed by atoms with Gasteiger partial charge in [0, 0.05) is 34.7 Å². The van der Waals surface area contributed by atoms with Crippen LogP contribution < -0.4 is 24.8 Å². The Kier molecular flexibility index (Phi) is 7.55. The van der Waals surface area contributed by atoms with E-state index in [0.29, 0.717) is 28.0 Å². The number of H-pyrrole nitrogens is 1. The third-order valence-corrected chi connectivity index (χ3v) is 7.75. The van der Waals surface area contributed by atoms with Crippen molar-refractivity contribution in [3.8, 4) is 17.2 Å². The molecular weight excluding hydrogens is 538 g/mol. The predicted octanol–water partition coefficient (Wildman–Crippen LogP) is 6.68. The summed E-state index contributed by atoms with van der Waals surface area (Å²) >= 11 is 6.17. The van der Waals surface area contributed by atoms with E-state index < -0.39 is 0 Å². The van der Waals surface area contributed by atoms with Gasteiger partial charge in [0.2, 0.25) is 0 Å². The van der Waals surface area contributed by atoms with Crippen LogP contribution in [0.4, 0.5) is 5.69 Å². The van der Waals surface area contributed by atoms with Gasteiger partial charge in [0.05, 0.1) is 25.3 Å². The van der Waals surface area contributed by atoms with Crippen molar-refractivity contribution in [2.24, 2.45) is 0 Å². The van der Waals surface area contributed by atoms with E-state index in [2.05, 4.69) is 64.1 Å².